The van der Waals surface area contributed by atoms with E-state index in [4.69, 9.17) is 21.1 Å². The van der Waals surface area contributed by atoms with Gasteiger partial charge in [0.2, 0.25) is 0 Å². The van der Waals surface area contributed by atoms with E-state index in [0.717, 1.165) is 42.2 Å². The van der Waals surface area contributed by atoms with Crippen molar-refractivity contribution in [3.05, 3.63) is 47.5 Å². The van der Waals surface area contributed by atoms with E-state index in [2.05, 4.69) is 27.3 Å². The summed E-state index contributed by atoms with van der Waals surface area (Å²) in [5, 5.41) is 3.98. The molecule has 6 nitrogen and oxygen atoms in total. The zero-order chi connectivity index (χ0) is 18.6. The number of hydrogen-bond donors (Lipinski definition) is 1. The highest BCUT2D eigenvalue weighted by Crippen LogP contribution is 2.30. The van der Waals surface area contributed by atoms with Gasteiger partial charge in [-0.1, -0.05) is 22.9 Å². The van der Waals surface area contributed by atoms with Crippen LogP contribution in [0, 0.1) is 0 Å². The van der Waals surface area contributed by atoms with Crippen LogP contribution in [0.25, 0.3) is 10.2 Å². The minimum Gasteiger partial charge on any atom is -0.484 e. The van der Waals surface area contributed by atoms with E-state index < -0.39 is 0 Å². The largest absolute Gasteiger partial charge is 0.484 e. The standard InChI is InChI=1S/C19H18ClN3O3S/c20-13-1-4-15(5-2-13)26-12-18(24)22-19-21-16-6-3-14(11-17(16)27-19)23-7-9-25-10-8-23/h1-6,11H,7-10,12H2,(H,21,22,24). The number of fused-ring (bicyclic) bond motifs is 1. The first kappa shape index (κ1) is 18.0. The van der Waals surface area contributed by atoms with E-state index in [9.17, 15) is 4.79 Å². The summed E-state index contributed by atoms with van der Waals surface area (Å²) in [6.45, 7) is 3.17. The van der Waals surface area contributed by atoms with Crippen LogP contribution in [0.1, 0.15) is 0 Å². The lowest BCUT2D eigenvalue weighted by Crippen LogP contribution is -2.36. The summed E-state index contributed by atoms with van der Waals surface area (Å²) in [5.74, 6) is 0.339. The molecular weight excluding hydrogens is 386 g/mol. The summed E-state index contributed by atoms with van der Waals surface area (Å²) < 4.78 is 11.9. The number of amides is 1. The first-order valence-corrected chi connectivity index (χ1v) is 9.78. The number of morpholine rings is 1. The molecule has 8 heteroatoms. The molecule has 0 bridgehead atoms. The van der Waals surface area contributed by atoms with Gasteiger partial charge in [0.05, 0.1) is 23.4 Å². The van der Waals surface area contributed by atoms with Crippen molar-refractivity contribution in [1.82, 2.24) is 4.98 Å². The molecule has 140 valence electrons. The van der Waals surface area contributed by atoms with Gasteiger partial charge in [-0.05, 0) is 42.5 Å². The fourth-order valence-electron chi connectivity index (χ4n) is 2.82. The van der Waals surface area contributed by atoms with Crippen molar-refractivity contribution in [3.63, 3.8) is 0 Å². The normalized spacial score (nSPS) is 14.3. The first-order valence-electron chi connectivity index (χ1n) is 8.59. The molecule has 1 aromatic heterocycles. The molecule has 2 heterocycles. The Hall–Kier alpha value is -2.35. The number of nitrogens with zero attached hydrogens (tertiary/aromatic N) is 2. The van der Waals surface area contributed by atoms with Crippen LogP contribution < -0.4 is 15.0 Å². The van der Waals surface area contributed by atoms with Gasteiger partial charge < -0.3 is 14.4 Å². The Kier molecular flexibility index (Phi) is 5.42. The predicted molar refractivity (Wildman–Crippen MR) is 108 cm³/mol. The summed E-state index contributed by atoms with van der Waals surface area (Å²) in [5.41, 5.74) is 2.02. The van der Waals surface area contributed by atoms with E-state index in [1.807, 2.05) is 6.07 Å². The lowest BCUT2D eigenvalue weighted by atomic mass is 10.2. The molecule has 1 aliphatic rings. The quantitative estimate of drug-likeness (QED) is 0.702. The van der Waals surface area contributed by atoms with E-state index >= 15 is 0 Å². The fourth-order valence-corrected chi connectivity index (χ4v) is 3.86. The van der Waals surface area contributed by atoms with Crippen molar-refractivity contribution in [1.29, 1.82) is 0 Å². The van der Waals surface area contributed by atoms with Crippen LogP contribution in [-0.4, -0.2) is 43.8 Å². The van der Waals surface area contributed by atoms with Crippen LogP contribution >= 0.6 is 22.9 Å². The molecule has 2 aromatic carbocycles. The van der Waals surface area contributed by atoms with Crippen molar-refractivity contribution >= 4 is 49.9 Å². The summed E-state index contributed by atoms with van der Waals surface area (Å²) >= 11 is 7.28. The predicted octanol–water partition coefficient (Wildman–Crippen LogP) is 3.80. The molecule has 1 N–H and O–H groups in total. The maximum atomic E-state index is 12.1. The number of rotatable bonds is 5. The third kappa shape index (κ3) is 4.50. The molecule has 0 unspecified atom stereocenters. The number of carbonyl (C=O) groups excluding carboxylic acids is 1. The summed E-state index contributed by atoms with van der Waals surface area (Å²) in [6.07, 6.45) is 0. The summed E-state index contributed by atoms with van der Waals surface area (Å²) in [7, 11) is 0. The highest BCUT2D eigenvalue weighted by atomic mass is 35.5. The molecule has 1 aliphatic heterocycles. The summed E-state index contributed by atoms with van der Waals surface area (Å²) in [6, 6.07) is 13.0. The molecule has 1 fully saturated rings. The minimum absolute atomic E-state index is 0.0867. The highest BCUT2D eigenvalue weighted by molar-refractivity contribution is 7.22. The number of carbonyl (C=O) groups is 1. The number of ether oxygens (including phenoxy) is 2. The second-order valence-corrected chi connectivity index (χ2v) is 7.53. The van der Waals surface area contributed by atoms with Crippen molar-refractivity contribution in [2.75, 3.05) is 43.1 Å². The van der Waals surface area contributed by atoms with Crippen molar-refractivity contribution < 1.29 is 14.3 Å². The van der Waals surface area contributed by atoms with E-state index in [0.29, 0.717) is 15.9 Å². The van der Waals surface area contributed by atoms with E-state index in [-0.39, 0.29) is 12.5 Å². The van der Waals surface area contributed by atoms with Crippen LogP contribution in [0.5, 0.6) is 5.75 Å². The lowest BCUT2D eigenvalue weighted by molar-refractivity contribution is -0.118. The Bertz CT molecular complexity index is 939. The number of nitrogens with one attached hydrogen (secondary N) is 1. The molecule has 3 aromatic rings. The Morgan fingerprint density at radius 2 is 2.00 bits per heavy atom. The van der Waals surface area contributed by atoms with Gasteiger partial charge in [-0.15, -0.1) is 0 Å². The maximum Gasteiger partial charge on any atom is 0.264 e. The smallest absolute Gasteiger partial charge is 0.264 e. The summed E-state index contributed by atoms with van der Waals surface area (Å²) in [4.78, 5) is 18.9. The van der Waals surface area contributed by atoms with E-state index in [1.54, 1.807) is 24.3 Å². The molecule has 0 radical (unpaired) electrons. The Balaban J connectivity index is 1.39. The van der Waals surface area contributed by atoms with Crippen LogP contribution in [0.15, 0.2) is 42.5 Å². The van der Waals surface area contributed by atoms with Gasteiger partial charge >= 0.3 is 0 Å². The third-order valence-electron chi connectivity index (χ3n) is 4.18. The van der Waals surface area contributed by atoms with Crippen molar-refractivity contribution in [2.45, 2.75) is 0 Å². The average molecular weight is 404 g/mol. The molecule has 1 amide bonds. The fraction of sp³-hybridized carbons (Fsp3) is 0.263. The topological polar surface area (TPSA) is 63.7 Å². The Labute approximate surface area is 165 Å². The van der Waals surface area contributed by atoms with Gasteiger partial charge in [-0.3, -0.25) is 10.1 Å². The number of anilines is 2. The highest BCUT2D eigenvalue weighted by Gasteiger charge is 2.14. The Morgan fingerprint density at radius 1 is 1.22 bits per heavy atom. The molecular formula is C19H18ClN3O3S. The first-order chi connectivity index (χ1) is 13.2. The molecule has 27 heavy (non-hydrogen) atoms. The van der Waals surface area contributed by atoms with E-state index in [1.165, 1.54) is 11.3 Å². The molecule has 0 saturated carbocycles. The third-order valence-corrected chi connectivity index (χ3v) is 5.36. The molecule has 1 saturated heterocycles. The monoisotopic (exact) mass is 403 g/mol. The van der Waals surface area contributed by atoms with Crippen LogP contribution in [0.2, 0.25) is 5.02 Å². The van der Waals surface area contributed by atoms with Gasteiger partial charge in [-0.2, -0.15) is 0 Å². The van der Waals surface area contributed by atoms with Gasteiger partial charge in [0.25, 0.3) is 5.91 Å². The van der Waals surface area contributed by atoms with Gasteiger partial charge in [-0.25, -0.2) is 4.98 Å². The zero-order valence-corrected chi connectivity index (χ0v) is 16.1. The second-order valence-electron chi connectivity index (χ2n) is 6.06. The zero-order valence-electron chi connectivity index (χ0n) is 14.5. The molecule has 4 rings (SSSR count). The maximum absolute atomic E-state index is 12.1. The molecule has 0 spiro atoms. The van der Waals surface area contributed by atoms with Gasteiger partial charge in [0.1, 0.15) is 5.75 Å². The number of halogens is 1. The SMILES string of the molecule is O=C(COc1ccc(Cl)cc1)Nc1nc2ccc(N3CCOCC3)cc2s1. The number of thiazole rings is 1. The second kappa shape index (κ2) is 8.12. The van der Waals surface area contributed by atoms with Crippen LogP contribution in [-0.2, 0) is 9.53 Å². The number of hydrogen-bond acceptors (Lipinski definition) is 6. The number of aromatic nitrogens is 1. The van der Waals surface area contributed by atoms with Crippen molar-refractivity contribution in [3.8, 4) is 5.75 Å². The van der Waals surface area contributed by atoms with Gasteiger partial charge in [0.15, 0.2) is 11.7 Å². The van der Waals surface area contributed by atoms with Crippen LogP contribution in [0.3, 0.4) is 0 Å². The number of benzene rings is 2. The Morgan fingerprint density at radius 3 is 2.78 bits per heavy atom. The molecule has 0 aliphatic carbocycles. The minimum atomic E-state index is -0.252. The van der Waals surface area contributed by atoms with Crippen LogP contribution in [0.4, 0.5) is 10.8 Å². The van der Waals surface area contributed by atoms with Crippen molar-refractivity contribution in [2.24, 2.45) is 0 Å². The van der Waals surface area contributed by atoms with Gasteiger partial charge in [0, 0.05) is 23.8 Å². The molecule has 0 atom stereocenters. The average Bonchev–Trinajstić information content (AvgIpc) is 3.09. The lowest BCUT2D eigenvalue weighted by Gasteiger charge is -2.28.